The largest absolute Gasteiger partial charge is 0.550 e. The van der Waals surface area contributed by atoms with Crippen molar-refractivity contribution >= 4 is 17.9 Å². The van der Waals surface area contributed by atoms with Crippen molar-refractivity contribution in [3.8, 4) is 0 Å². The van der Waals surface area contributed by atoms with Crippen LogP contribution < -0.4 is 5.11 Å². The Morgan fingerprint density at radius 2 is 2.05 bits per heavy atom. The fourth-order valence-corrected chi connectivity index (χ4v) is 1.96. The zero-order chi connectivity index (χ0) is 16.0. The minimum atomic E-state index is -1.28. The Hall–Kier alpha value is -2.11. The van der Waals surface area contributed by atoms with Crippen LogP contribution >= 0.6 is 0 Å². The van der Waals surface area contributed by atoms with Crippen LogP contribution in [0.2, 0.25) is 0 Å². The second-order valence-corrected chi connectivity index (χ2v) is 4.92. The first-order valence-corrected chi connectivity index (χ1v) is 6.81. The molecule has 0 bridgehead atoms. The highest BCUT2D eigenvalue weighted by atomic mass is 16.7. The van der Waals surface area contributed by atoms with Crippen molar-refractivity contribution in [2.24, 2.45) is 11.8 Å². The molecule has 6 nitrogen and oxygen atoms in total. The van der Waals surface area contributed by atoms with E-state index in [9.17, 15) is 19.5 Å². The van der Waals surface area contributed by atoms with Crippen molar-refractivity contribution in [1.82, 2.24) is 0 Å². The van der Waals surface area contributed by atoms with E-state index in [-0.39, 0.29) is 12.0 Å². The lowest BCUT2D eigenvalue weighted by atomic mass is 9.84. The molecular weight excluding hydrogens is 276 g/mol. The number of carbonyl (C=O) groups is 3. The lowest BCUT2D eigenvalue weighted by Gasteiger charge is -2.28. The summed E-state index contributed by atoms with van der Waals surface area (Å²) in [6.45, 7) is 6.59. The number of carboxylic acid groups (broad SMARTS) is 1. The van der Waals surface area contributed by atoms with Gasteiger partial charge >= 0.3 is 11.9 Å². The second-order valence-electron chi connectivity index (χ2n) is 4.92. The zero-order valence-corrected chi connectivity index (χ0v) is 12.2. The number of carbonyl (C=O) groups excluding carboxylic acids is 3. The number of hydrogen-bond donors (Lipinski definition) is 0. The van der Waals surface area contributed by atoms with Crippen molar-refractivity contribution in [2.45, 2.75) is 39.4 Å². The SMILES string of the molecule is C=C(C)C(=O)OC(CC)OC(=O)C1C=CCCC1C(=O)[O-]. The summed E-state index contributed by atoms with van der Waals surface area (Å²) in [5.74, 6) is -4.52. The smallest absolute Gasteiger partial charge is 0.336 e. The average Bonchev–Trinajstić information content (AvgIpc) is 2.45. The Morgan fingerprint density at radius 1 is 1.38 bits per heavy atom. The highest BCUT2D eigenvalue weighted by molar-refractivity contribution is 5.87. The van der Waals surface area contributed by atoms with Gasteiger partial charge in [0.25, 0.3) is 0 Å². The fourth-order valence-electron chi connectivity index (χ4n) is 1.96. The summed E-state index contributed by atoms with van der Waals surface area (Å²) in [4.78, 5) is 34.5. The molecule has 0 N–H and O–H groups in total. The van der Waals surface area contributed by atoms with Gasteiger partial charge in [0.2, 0.25) is 6.29 Å². The van der Waals surface area contributed by atoms with Crippen molar-refractivity contribution in [3.63, 3.8) is 0 Å². The van der Waals surface area contributed by atoms with E-state index in [0.717, 1.165) is 0 Å². The topological polar surface area (TPSA) is 92.7 Å². The maximum absolute atomic E-state index is 12.1. The third kappa shape index (κ3) is 4.73. The molecule has 0 aromatic rings. The van der Waals surface area contributed by atoms with Gasteiger partial charge in [0.15, 0.2) is 0 Å². The van der Waals surface area contributed by atoms with Crippen molar-refractivity contribution < 1.29 is 29.0 Å². The Labute approximate surface area is 123 Å². The van der Waals surface area contributed by atoms with Crippen LogP contribution in [0.15, 0.2) is 24.3 Å². The first-order chi connectivity index (χ1) is 9.86. The quantitative estimate of drug-likeness (QED) is 0.310. The number of allylic oxidation sites excluding steroid dienone is 1. The molecule has 0 aromatic carbocycles. The lowest BCUT2D eigenvalue weighted by molar-refractivity contribution is -0.313. The zero-order valence-electron chi connectivity index (χ0n) is 12.2. The third-order valence-electron chi connectivity index (χ3n) is 3.16. The van der Waals surface area contributed by atoms with E-state index in [1.165, 1.54) is 13.0 Å². The molecule has 1 aliphatic rings. The molecule has 0 fully saturated rings. The van der Waals surface area contributed by atoms with Crippen LogP contribution in [-0.2, 0) is 23.9 Å². The molecule has 3 atom stereocenters. The van der Waals surface area contributed by atoms with E-state index in [0.29, 0.717) is 12.8 Å². The average molecular weight is 295 g/mol. The van der Waals surface area contributed by atoms with Gasteiger partial charge in [0.05, 0.1) is 5.92 Å². The van der Waals surface area contributed by atoms with Crippen LogP contribution in [0.5, 0.6) is 0 Å². The van der Waals surface area contributed by atoms with Gasteiger partial charge in [-0.3, -0.25) is 4.79 Å². The molecule has 0 radical (unpaired) electrons. The van der Waals surface area contributed by atoms with Crippen LogP contribution in [0.4, 0.5) is 0 Å². The molecular formula is C15H19O6-. The summed E-state index contributed by atoms with van der Waals surface area (Å²) < 4.78 is 10.0. The number of carboxylic acids is 1. The first kappa shape index (κ1) is 16.9. The summed E-state index contributed by atoms with van der Waals surface area (Å²) in [7, 11) is 0. The lowest BCUT2D eigenvalue weighted by Crippen LogP contribution is -2.41. The van der Waals surface area contributed by atoms with E-state index in [2.05, 4.69) is 6.58 Å². The molecule has 6 heteroatoms. The van der Waals surface area contributed by atoms with Crippen LogP contribution in [0.1, 0.15) is 33.1 Å². The molecule has 0 amide bonds. The van der Waals surface area contributed by atoms with Crippen LogP contribution in [0, 0.1) is 11.8 Å². The standard InChI is InChI=1S/C15H20O6/c1-4-12(20-14(18)9(2)3)21-15(19)11-8-6-5-7-10(11)13(16)17/h6,8,10-12H,2,4-5,7H2,1,3H3,(H,16,17)/p-1. The number of hydrogen-bond acceptors (Lipinski definition) is 6. The molecule has 116 valence electrons. The Bertz CT molecular complexity index is 465. The van der Waals surface area contributed by atoms with Crippen LogP contribution in [-0.4, -0.2) is 24.2 Å². The molecule has 21 heavy (non-hydrogen) atoms. The molecule has 1 aliphatic carbocycles. The summed E-state index contributed by atoms with van der Waals surface area (Å²) in [5, 5.41) is 11.0. The highest BCUT2D eigenvalue weighted by Gasteiger charge is 2.32. The molecule has 0 saturated carbocycles. The van der Waals surface area contributed by atoms with E-state index in [1.54, 1.807) is 13.0 Å². The monoisotopic (exact) mass is 295 g/mol. The van der Waals surface area contributed by atoms with Gasteiger partial charge in [0, 0.05) is 23.9 Å². The number of ether oxygens (including phenoxy) is 2. The third-order valence-corrected chi connectivity index (χ3v) is 3.16. The minimum absolute atomic E-state index is 0.190. The van der Waals surface area contributed by atoms with Gasteiger partial charge < -0.3 is 19.4 Å². The van der Waals surface area contributed by atoms with Crippen molar-refractivity contribution in [2.75, 3.05) is 0 Å². The van der Waals surface area contributed by atoms with Gasteiger partial charge in [-0.25, -0.2) is 4.79 Å². The van der Waals surface area contributed by atoms with Gasteiger partial charge in [-0.2, -0.15) is 0 Å². The van der Waals surface area contributed by atoms with E-state index in [1.807, 2.05) is 0 Å². The number of esters is 2. The summed E-state index contributed by atoms with van der Waals surface area (Å²) in [6.07, 6.45) is 3.33. The predicted octanol–water partition coefficient (Wildman–Crippen LogP) is 0.717. The predicted molar refractivity (Wildman–Crippen MR) is 71.4 cm³/mol. The van der Waals surface area contributed by atoms with E-state index < -0.39 is 36.0 Å². The summed E-state index contributed by atoms with van der Waals surface area (Å²) in [6, 6.07) is 0. The van der Waals surface area contributed by atoms with E-state index >= 15 is 0 Å². The van der Waals surface area contributed by atoms with Gasteiger partial charge in [-0.05, 0) is 19.8 Å². The molecule has 0 spiro atoms. The molecule has 3 unspecified atom stereocenters. The van der Waals surface area contributed by atoms with E-state index in [4.69, 9.17) is 9.47 Å². The maximum atomic E-state index is 12.1. The Kier molecular flexibility index (Phi) is 6.14. The molecule has 0 aromatic heterocycles. The summed E-state index contributed by atoms with van der Waals surface area (Å²) >= 11 is 0. The second kappa shape index (κ2) is 7.61. The molecule has 0 aliphatic heterocycles. The van der Waals surface area contributed by atoms with Crippen LogP contribution in [0.25, 0.3) is 0 Å². The maximum Gasteiger partial charge on any atom is 0.336 e. The van der Waals surface area contributed by atoms with Gasteiger partial charge in [0.1, 0.15) is 0 Å². The fraction of sp³-hybridized carbons (Fsp3) is 0.533. The van der Waals surface area contributed by atoms with Crippen LogP contribution in [0.3, 0.4) is 0 Å². The van der Waals surface area contributed by atoms with Crippen molar-refractivity contribution in [3.05, 3.63) is 24.3 Å². The van der Waals surface area contributed by atoms with Gasteiger partial charge in [-0.1, -0.05) is 25.7 Å². The first-order valence-electron chi connectivity index (χ1n) is 6.81. The number of rotatable bonds is 6. The molecule has 0 saturated heterocycles. The minimum Gasteiger partial charge on any atom is -0.550 e. The Morgan fingerprint density at radius 3 is 2.57 bits per heavy atom. The molecule has 1 rings (SSSR count). The highest BCUT2D eigenvalue weighted by Crippen LogP contribution is 2.26. The summed E-state index contributed by atoms with van der Waals surface area (Å²) in [5.41, 5.74) is 0.190. The van der Waals surface area contributed by atoms with Crippen molar-refractivity contribution in [1.29, 1.82) is 0 Å². The Balaban J connectivity index is 2.70. The normalized spacial score (nSPS) is 22.2. The van der Waals surface area contributed by atoms with Gasteiger partial charge in [-0.15, -0.1) is 0 Å². The number of aliphatic carboxylic acids is 1. The molecule has 0 heterocycles.